The molecule has 3 aromatic rings. The van der Waals surface area contributed by atoms with Crippen LogP contribution in [0.5, 0.6) is 11.5 Å². The fourth-order valence-electron chi connectivity index (χ4n) is 5.95. The number of ether oxygens (including phenoxy) is 3. The number of nitrogens with one attached hydrogen (secondary N) is 1. The Bertz CT molecular complexity index is 1470. The zero-order valence-electron chi connectivity index (χ0n) is 25.6. The summed E-state index contributed by atoms with van der Waals surface area (Å²) in [6, 6.07) is 13.8. The van der Waals surface area contributed by atoms with Gasteiger partial charge in [0.15, 0.2) is 0 Å². The summed E-state index contributed by atoms with van der Waals surface area (Å²) in [4.78, 5) is 27.3. The quantitative estimate of drug-likeness (QED) is 0.333. The Hall–Kier alpha value is -4.47. The number of hydrogen-bond donors (Lipinski definition) is 2. The first kappa shape index (κ1) is 30.0. The van der Waals surface area contributed by atoms with Crippen LogP contribution < -0.4 is 20.5 Å². The third kappa shape index (κ3) is 6.48. The second-order valence-electron chi connectivity index (χ2n) is 12.0. The molecule has 2 aliphatic heterocycles. The number of aromatic nitrogens is 2. The molecular weight excluding hydrogens is 546 g/mol. The number of anilines is 1. The predicted octanol–water partition coefficient (Wildman–Crippen LogP) is 5.84. The van der Waals surface area contributed by atoms with Gasteiger partial charge >= 0.3 is 6.09 Å². The number of piperidine rings is 1. The SMILES string of the molecule is COc1cc(-c2nn3c(c2C(N)=O)NCCC3C2CCN(C(=O)OC(C)(C)C)CC2)cc(OC)c1/C=C/c1ccccc1. The Morgan fingerprint density at radius 3 is 2.23 bits per heavy atom. The van der Waals surface area contributed by atoms with Gasteiger partial charge in [0, 0.05) is 25.2 Å². The van der Waals surface area contributed by atoms with E-state index in [2.05, 4.69) is 5.32 Å². The van der Waals surface area contributed by atoms with Gasteiger partial charge in [0.25, 0.3) is 5.91 Å². The first-order valence-electron chi connectivity index (χ1n) is 14.7. The summed E-state index contributed by atoms with van der Waals surface area (Å²) in [5.74, 6) is 1.51. The Kier molecular flexibility index (Phi) is 8.66. The highest BCUT2D eigenvalue weighted by molar-refractivity contribution is 6.04. The maximum Gasteiger partial charge on any atom is 0.410 e. The number of fused-ring (bicyclic) bond motifs is 1. The highest BCUT2D eigenvalue weighted by Crippen LogP contribution is 2.42. The summed E-state index contributed by atoms with van der Waals surface area (Å²) < 4.78 is 19.1. The monoisotopic (exact) mass is 587 g/mol. The Morgan fingerprint density at radius 1 is 1.00 bits per heavy atom. The van der Waals surface area contributed by atoms with Gasteiger partial charge in [-0.25, -0.2) is 9.48 Å². The number of carbonyl (C=O) groups excluding carboxylic acids is 2. The van der Waals surface area contributed by atoms with E-state index in [4.69, 9.17) is 25.0 Å². The number of primary amides is 1. The van der Waals surface area contributed by atoms with Crippen molar-refractivity contribution in [2.75, 3.05) is 39.2 Å². The summed E-state index contributed by atoms with van der Waals surface area (Å²) in [6.45, 7) is 7.54. The van der Waals surface area contributed by atoms with E-state index in [1.807, 2.05) is 80.1 Å². The number of amides is 2. The van der Waals surface area contributed by atoms with Crippen LogP contribution in [0.4, 0.5) is 10.6 Å². The molecule has 2 aromatic carbocycles. The average molecular weight is 588 g/mol. The van der Waals surface area contributed by atoms with Crippen molar-refractivity contribution in [2.45, 2.75) is 51.7 Å². The average Bonchev–Trinajstić information content (AvgIpc) is 3.39. The molecule has 0 spiro atoms. The van der Waals surface area contributed by atoms with E-state index < -0.39 is 11.5 Å². The van der Waals surface area contributed by atoms with Gasteiger partial charge in [-0.3, -0.25) is 4.79 Å². The van der Waals surface area contributed by atoms with Gasteiger partial charge in [0.05, 0.1) is 25.8 Å². The molecule has 0 saturated carbocycles. The number of benzene rings is 2. The third-order valence-electron chi connectivity index (χ3n) is 8.00. The van der Waals surface area contributed by atoms with E-state index in [0.29, 0.717) is 53.8 Å². The standard InChI is InChI=1S/C33H41N5O5/c1-33(2,3)43-32(40)37-17-14-22(15-18-37)25-13-16-35-31-28(30(34)39)29(36-38(25)31)23-19-26(41-4)24(27(20-23)42-5)12-11-21-9-7-6-8-10-21/h6-12,19-20,22,25,35H,13-18H2,1-5H3,(H2,34,39)/b12-11+. The fourth-order valence-corrected chi connectivity index (χ4v) is 5.95. The minimum absolute atomic E-state index is 0.0563. The minimum atomic E-state index is -0.560. The van der Waals surface area contributed by atoms with E-state index in [0.717, 1.165) is 30.4 Å². The fraction of sp³-hybridized carbons (Fsp3) is 0.424. The molecule has 1 fully saturated rings. The largest absolute Gasteiger partial charge is 0.496 e. The van der Waals surface area contributed by atoms with Crippen molar-refractivity contribution in [3.8, 4) is 22.8 Å². The Morgan fingerprint density at radius 2 is 1.65 bits per heavy atom. The van der Waals surface area contributed by atoms with E-state index in [-0.39, 0.29) is 18.1 Å². The number of carbonyl (C=O) groups is 2. The van der Waals surface area contributed by atoms with Gasteiger partial charge in [-0.1, -0.05) is 36.4 Å². The smallest absolute Gasteiger partial charge is 0.410 e. The van der Waals surface area contributed by atoms with E-state index in [9.17, 15) is 9.59 Å². The molecule has 10 nitrogen and oxygen atoms in total. The van der Waals surface area contributed by atoms with Gasteiger partial charge in [0.2, 0.25) is 0 Å². The van der Waals surface area contributed by atoms with Crippen molar-refractivity contribution < 1.29 is 23.8 Å². The summed E-state index contributed by atoms with van der Waals surface area (Å²) in [7, 11) is 3.21. The number of likely N-dealkylation sites (tertiary alicyclic amines) is 1. The van der Waals surface area contributed by atoms with Crippen molar-refractivity contribution in [1.82, 2.24) is 14.7 Å². The van der Waals surface area contributed by atoms with E-state index >= 15 is 0 Å². The number of nitrogens with two attached hydrogens (primary N) is 1. The lowest BCUT2D eigenvalue weighted by molar-refractivity contribution is 0.0157. The molecule has 228 valence electrons. The minimum Gasteiger partial charge on any atom is -0.496 e. The number of rotatable bonds is 7. The zero-order valence-corrected chi connectivity index (χ0v) is 25.6. The molecule has 3 heterocycles. The Labute approximate surface area is 252 Å². The molecule has 1 aromatic heterocycles. The third-order valence-corrected chi connectivity index (χ3v) is 8.00. The Balaban J connectivity index is 1.46. The van der Waals surface area contributed by atoms with E-state index in [1.54, 1.807) is 19.1 Å². The summed E-state index contributed by atoms with van der Waals surface area (Å²) >= 11 is 0. The second-order valence-corrected chi connectivity index (χ2v) is 12.0. The van der Waals surface area contributed by atoms with Crippen LogP contribution in [0, 0.1) is 5.92 Å². The van der Waals surface area contributed by atoms with Crippen molar-refractivity contribution >= 4 is 30.0 Å². The molecule has 10 heteroatoms. The maximum atomic E-state index is 12.9. The molecule has 1 saturated heterocycles. The maximum absolute atomic E-state index is 12.9. The molecule has 3 N–H and O–H groups in total. The summed E-state index contributed by atoms with van der Waals surface area (Å²) in [5.41, 5.74) is 8.73. The molecule has 43 heavy (non-hydrogen) atoms. The number of nitrogens with zero attached hydrogens (tertiary/aromatic N) is 3. The van der Waals surface area contributed by atoms with Crippen molar-refractivity contribution in [1.29, 1.82) is 0 Å². The van der Waals surface area contributed by atoms with Gasteiger partial charge in [0.1, 0.15) is 34.2 Å². The normalized spacial score (nSPS) is 17.3. The molecule has 1 unspecified atom stereocenters. The van der Waals surface area contributed by atoms with Crippen LogP contribution >= 0.6 is 0 Å². The molecule has 2 amide bonds. The summed E-state index contributed by atoms with van der Waals surface area (Å²) in [5, 5.41) is 8.37. The van der Waals surface area contributed by atoms with Crippen LogP contribution in [0.25, 0.3) is 23.4 Å². The molecule has 0 radical (unpaired) electrons. The van der Waals surface area contributed by atoms with Crippen LogP contribution in [-0.4, -0.2) is 66.1 Å². The van der Waals surface area contributed by atoms with Crippen LogP contribution in [0.3, 0.4) is 0 Å². The molecule has 2 aliphatic rings. The number of methoxy groups -OCH3 is 2. The topological polar surface area (TPSA) is 121 Å². The zero-order chi connectivity index (χ0) is 30.7. The lowest BCUT2D eigenvalue weighted by Gasteiger charge is -2.38. The van der Waals surface area contributed by atoms with Crippen LogP contribution in [0.1, 0.15) is 67.6 Å². The van der Waals surface area contributed by atoms with Crippen LogP contribution in [-0.2, 0) is 4.74 Å². The van der Waals surface area contributed by atoms with E-state index in [1.165, 1.54) is 0 Å². The molecule has 0 aliphatic carbocycles. The molecule has 0 bridgehead atoms. The predicted molar refractivity (Wildman–Crippen MR) is 167 cm³/mol. The first-order chi connectivity index (χ1) is 20.6. The molecule has 5 rings (SSSR count). The highest BCUT2D eigenvalue weighted by Gasteiger charge is 2.37. The molecule has 1 atom stereocenters. The van der Waals surface area contributed by atoms with Crippen molar-refractivity contribution in [2.24, 2.45) is 11.7 Å². The van der Waals surface area contributed by atoms with Gasteiger partial charge in [-0.05, 0) is 69.7 Å². The first-order valence-corrected chi connectivity index (χ1v) is 14.7. The summed E-state index contributed by atoms with van der Waals surface area (Å²) in [6.07, 6.45) is 6.14. The highest BCUT2D eigenvalue weighted by atomic mass is 16.6. The van der Waals surface area contributed by atoms with Crippen LogP contribution in [0.2, 0.25) is 0 Å². The molecular formula is C33H41N5O5. The lowest BCUT2D eigenvalue weighted by Crippen LogP contribution is -2.43. The van der Waals surface area contributed by atoms with Gasteiger partial charge in [-0.15, -0.1) is 0 Å². The van der Waals surface area contributed by atoms with Crippen molar-refractivity contribution in [3.05, 3.63) is 59.2 Å². The van der Waals surface area contributed by atoms with Gasteiger partial charge < -0.3 is 30.2 Å². The van der Waals surface area contributed by atoms with Crippen LogP contribution in [0.15, 0.2) is 42.5 Å². The van der Waals surface area contributed by atoms with Crippen molar-refractivity contribution in [3.63, 3.8) is 0 Å². The van der Waals surface area contributed by atoms with Gasteiger partial charge in [-0.2, -0.15) is 5.10 Å². The second kappa shape index (κ2) is 12.4. The number of hydrogen-bond acceptors (Lipinski definition) is 7. The lowest BCUT2D eigenvalue weighted by atomic mass is 9.87.